The van der Waals surface area contributed by atoms with E-state index in [4.69, 9.17) is 16.3 Å². The SMILES string of the molecule is CCn1nc(C(=O)OCc2ccccc2Cl)cc(Nc2cnccc2C)c1=O. The fourth-order valence-corrected chi connectivity index (χ4v) is 2.71. The van der Waals surface area contributed by atoms with Gasteiger partial charge < -0.3 is 10.1 Å². The topological polar surface area (TPSA) is 86.1 Å². The van der Waals surface area contributed by atoms with Crippen LogP contribution in [-0.2, 0) is 17.9 Å². The van der Waals surface area contributed by atoms with Crippen LogP contribution in [0.4, 0.5) is 11.4 Å². The normalized spacial score (nSPS) is 10.5. The zero-order valence-corrected chi connectivity index (χ0v) is 16.2. The Morgan fingerprint density at radius 2 is 2.04 bits per heavy atom. The van der Waals surface area contributed by atoms with Crippen LogP contribution in [0.5, 0.6) is 0 Å². The number of pyridine rings is 1. The minimum atomic E-state index is -0.645. The molecule has 0 saturated carbocycles. The van der Waals surface area contributed by atoms with Crippen LogP contribution in [0, 0.1) is 6.92 Å². The molecule has 2 heterocycles. The Hall–Kier alpha value is -3.19. The lowest BCUT2D eigenvalue weighted by Crippen LogP contribution is -2.27. The Morgan fingerprint density at radius 1 is 1.25 bits per heavy atom. The molecule has 1 N–H and O–H groups in total. The number of halogens is 1. The van der Waals surface area contributed by atoms with Crippen molar-refractivity contribution >= 4 is 28.9 Å². The summed E-state index contributed by atoms with van der Waals surface area (Å²) in [5.41, 5.74) is 2.18. The second-order valence-corrected chi connectivity index (χ2v) is 6.45. The summed E-state index contributed by atoms with van der Waals surface area (Å²) in [6.45, 7) is 3.98. The maximum absolute atomic E-state index is 12.6. The highest BCUT2D eigenvalue weighted by molar-refractivity contribution is 6.31. The summed E-state index contributed by atoms with van der Waals surface area (Å²) >= 11 is 6.08. The number of carbonyl (C=O) groups excluding carboxylic acids is 1. The van der Waals surface area contributed by atoms with E-state index < -0.39 is 5.97 Å². The van der Waals surface area contributed by atoms with Gasteiger partial charge in [0.15, 0.2) is 5.69 Å². The van der Waals surface area contributed by atoms with Gasteiger partial charge in [-0.05, 0) is 31.5 Å². The summed E-state index contributed by atoms with van der Waals surface area (Å²) in [6.07, 6.45) is 3.27. The van der Waals surface area contributed by atoms with Crippen LogP contribution < -0.4 is 10.9 Å². The molecule has 0 radical (unpaired) electrons. The molecule has 3 rings (SSSR count). The molecule has 0 spiro atoms. The number of hydrogen-bond donors (Lipinski definition) is 1. The first-order chi connectivity index (χ1) is 13.5. The summed E-state index contributed by atoms with van der Waals surface area (Å²) in [6, 6.07) is 10.3. The van der Waals surface area contributed by atoms with Crippen molar-refractivity contribution in [2.45, 2.75) is 27.0 Å². The molecule has 1 aromatic carbocycles. The number of aromatic nitrogens is 3. The summed E-state index contributed by atoms with van der Waals surface area (Å²) in [5.74, 6) is -0.645. The van der Waals surface area contributed by atoms with E-state index in [0.717, 1.165) is 5.56 Å². The van der Waals surface area contributed by atoms with Crippen molar-refractivity contribution in [2.24, 2.45) is 0 Å². The molecule has 0 aliphatic heterocycles. The number of hydrogen-bond acceptors (Lipinski definition) is 6. The molecule has 0 bridgehead atoms. The van der Waals surface area contributed by atoms with E-state index in [0.29, 0.717) is 22.8 Å². The van der Waals surface area contributed by atoms with E-state index in [1.807, 2.05) is 19.1 Å². The van der Waals surface area contributed by atoms with Crippen molar-refractivity contribution in [3.05, 3.63) is 81.0 Å². The van der Waals surface area contributed by atoms with Crippen molar-refractivity contribution in [3.63, 3.8) is 0 Å². The van der Waals surface area contributed by atoms with Crippen molar-refractivity contribution < 1.29 is 9.53 Å². The summed E-state index contributed by atoms with van der Waals surface area (Å²) in [7, 11) is 0. The van der Waals surface area contributed by atoms with E-state index in [9.17, 15) is 9.59 Å². The highest BCUT2D eigenvalue weighted by Crippen LogP contribution is 2.18. The number of benzene rings is 1. The maximum Gasteiger partial charge on any atom is 0.359 e. The largest absolute Gasteiger partial charge is 0.456 e. The molecule has 28 heavy (non-hydrogen) atoms. The Bertz CT molecular complexity index is 1070. The average molecular weight is 399 g/mol. The average Bonchev–Trinajstić information content (AvgIpc) is 2.70. The number of carbonyl (C=O) groups is 1. The van der Waals surface area contributed by atoms with Crippen LogP contribution in [0.1, 0.15) is 28.5 Å². The Kier molecular flexibility index (Phi) is 6.06. The molecule has 0 saturated heterocycles. The van der Waals surface area contributed by atoms with Crippen molar-refractivity contribution in [3.8, 4) is 0 Å². The van der Waals surface area contributed by atoms with Gasteiger partial charge in [-0.25, -0.2) is 9.48 Å². The molecule has 0 fully saturated rings. The monoisotopic (exact) mass is 398 g/mol. The van der Waals surface area contributed by atoms with Gasteiger partial charge >= 0.3 is 5.97 Å². The van der Waals surface area contributed by atoms with Crippen molar-refractivity contribution in [1.82, 2.24) is 14.8 Å². The Balaban J connectivity index is 1.86. The fourth-order valence-electron chi connectivity index (χ4n) is 2.52. The zero-order valence-electron chi connectivity index (χ0n) is 15.5. The van der Waals surface area contributed by atoms with Gasteiger partial charge in [-0.1, -0.05) is 29.8 Å². The highest BCUT2D eigenvalue weighted by Gasteiger charge is 2.16. The summed E-state index contributed by atoms with van der Waals surface area (Å²) in [5, 5.41) is 7.63. The van der Waals surface area contributed by atoms with E-state index in [1.165, 1.54) is 10.7 Å². The lowest BCUT2D eigenvalue weighted by atomic mass is 10.2. The Morgan fingerprint density at radius 3 is 2.75 bits per heavy atom. The number of aryl methyl sites for hydroxylation is 2. The molecule has 8 heteroatoms. The van der Waals surface area contributed by atoms with Crippen LogP contribution in [0.3, 0.4) is 0 Å². The third-order valence-electron chi connectivity index (χ3n) is 4.11. The minimum absolute atomic E-state index is 0.00983. The van der Waals surface area contributed by atoms with E-state index in [-0.39, 0.29) is 23.5 Å². The summed E-state index contributed by atoms with van der Waals surface area (Å²) < 4.78 is 6.53. The van der Waals surface area contributed by atoms with Gasteiger partial charge in [-0.2, -0.15) is 5.10 Å². The van der Waals surface area contributed by atoms with Crippen LogP contribution >= 0.6 is 11.6 Å². The number of rotatable bonds is 6. The van der Waals surface area contributed by atoms with Gasteiger partial charge in [0.1, 0.15) is 12.3 Å². The zero-order chi connectivity index (χ0) is 20.1. The standard InChI is InChI=1S/C20H19ClN4O3/c1-3-25-19(26)16(23-18-11-22-9-8-13(18)2)10-17(24-25)20(27)28-12-14-6-4-5-7-15(14)21/h4-11,23H,3,12H2,1-2H3. The molecular formula is C20H19ClN4O3. The van der Waals surface area contributed by atoms with Crippen LogP contribution in [0.2, 0.25) is 5.02 Å². The lowest BCUT2D eigenvalue weighted by molar-refractivity contribution is 0.0463. The molecular weight excluding hydrogens is 380 g/mol. The predicted octanol–water partition coefficient (Wildman–Crippen LogP) is 3.72. The van der Waals surface area contributed by atoms with Crippen LogP contribution in [-0.4, -0.2) is 20.7 Å². The molecule has 144 valence electrons. The molecule has 0 unspecified atom stereocenters. The highest BCUT2D eigenvalue weighted by atomic mass is 35.5. The van der Waals surface area contributed by atoms with Crippen LogP contribution in [0.25, 0.3) is 0 Å². The first kappa shape index (κ1) is 19.6. The second-order valence-electron chi connectivity index (χ2n) is 6.05. The summed E-state index contributed by atoms with van der Waals surface area (Å²) in [4.78, 5) is 29.1. The third kappa shape index (κ3) is 4.37. The first-order valence-electron chi connectivity index (χ1n) is 8.70. The lowest BCUT2D eigenvalue weighted by Gasteiger charge is -2.12. The minimum Gasteiger partial charge on any atom is -0.456 e. The number of nitrogens with zero attached hydrogens (tertiary/aromatic N) is 3. The third-order valence-corrected chi connectivity index (χ3v) is 4.48. The van der Waals surface area contributed by atoms with Gasteiger partial charge in [-0.15, -0.1) is 0 Å². The van der Waals surface area contributed by atoms with E-state index in [2.05, 4.69) is 15.4 Å². The van der Waals surface area contributed by atoms with E-state index >= 15 is 0 Å². The molecule has 7 nitrogen and oxygen atoms in total. The van der Waals surface area contributed by atoms with Gasteiger partial charge in [0.2, 0.25) is 0 Å². The Labute approximate surface area is 166 Å². The van der Waals surface area contributed by atoms with Crippen molar-refractivity contribution in [1.29, 1.82) is 0 Å². The van der Waals surface area contributed by atoms with Crippen LogP contribution in [0.15, 0.2) is 53.6 Å². The van der Waals surface area contributed by atoms with E-state index in [1.54, 1.807) is 37.5 Å². The predicted molar refractivity (Wildman–Crippen MR) is 107 cm³/mol. The smallest absolute Gasteiger partial charge is 0.359 e. The van der Waals surface area contributed by atoms with Gasteiger partial charge in [-0.3, -0.25) is 9.78 Å². The van der Waals surface area contributed by atoms with Gasteiger partial charge in [0.25, 0.3) is 5.56 Å². The second kappa shape index (κ2) is 8.67. The molecule has 0 amide bonds. The number of esters is 1. The van der Waals surface area contributed by atoms with Gasteiger partial charge in [0, 0.05) is 29.4 Å². The molecule has 3 aromatic rings. The molecule has 2 aromatic heterocycles. The molecule has 0 aliphatic carbocycles. The maximum atomic E-state index is 12.6. The van der Waals surface area contributed by atoms with Crippen molar-refractivity contribution in [2.75, 3.05) is 5.32 Å². The number of ether oxygens (including phenoxy) is 1. The number of anilines is 2. The molecule has 0 aliphatic rings. The fraction of sp³-hybridized carbons (Fsp3) is 0.200. The molecule has 0 atom stereocenters. The first-order valence-corrected chi connectivity index (χ1v) is 9.07. The quantitative estimate of drug-likeness (QED) is 0.637. The van der Waals surface area contributed by atoms with Gasteiger partial charge in [0.05, 0.1) is 11.9 Å². The number of nitrogens with one attached hydrogen (secondary N) is 1.